The van der Waals surface area contributed by atoms with Gasteiger partial charge in [-0.2, -0.15) is 0 Å². The molecule has 7 heteroatoms. The molecule has 7 nitrogen and oxygen atoms in total. The van der Waals surface area contributed by atoms with E-state index in [-0.39, 0.29) is 17.9 Å². The predicted molar refractivity (Wildman–Crippen MR) is 123 cm³/mol. The molecule has 2 N–H and O–H groups in total. The lowest BCUT2D eigenvalue weighted by Gasteiger charge is -2.48. The Morgan fingerprint density at radius 1 is 0.969 bits per heavy atom. The van der Waals surface area contributed by atoms with Gasteiger partial charge in [-0.3, -0.25) is 14.5 Å². The van der Waals surface area contributed by atoms with Crippen molar-refractivity contribution < 1.29 is 19.1 Å². The first-order valence-corrected chi connectivity index (χ1v) is 11.2. The van der Waals surface area contributed by atoms with Gasteiger partial charge in [-0.1, -0.05) is 24.6 Å². The van der Waals surface area contributed by atoms with Crippen LogP contribution in [0.3, 0.4) is 0 Å². The summed E-state index contributed by atoms with van der Waals surface area (Å²) in [4.78, 5) is 27.8. The van der Waals surface area contributed by atoms with Crippen LogP contribution in [0, 0.1) is 0 Å². The summed E-state index contributed by atoms with van der Waals surface area (Å²) < 4.78 is 10.6. The predicted octanol–water partition coefficient (Wildman–Crippen LogP) is 3.46. The molecule has 0 radical (unpaired) electrons. The number of benzene rings is 2. The molecule has 32 heavy (non-hydrogen) atoms. The molecule has 2 aliphatic rings. The van der Waals surface area contributed by atoms with Crippen LogP contribution in [0.15, 0.2) is 48.5 Å². The smallest absolute Gasteiger partial charge is 0.251 e. The second-order valence-electron chi connectivity index (χ2n) is 8.54. The van der Waals surface area contributed by atoms with Crippen molar-refractivity contribution in [3.8, 4) is 11.5 Å². The topological polar surface area (TPSA) is 79.9 Å². The molecular weight excluding hydrogens is 406 g/mol. The largest absolute Gasteiger partial charge is 0.493 e. The molecule has 2 atom stereocenters. The van der Waals surface area contributed by atoms with E-state index >= 15 is 0 Å². The fourth-order valence-corrected chi connectivity index (χ4v) is 4.99. The zero-order chi connectivity index (χ0) is 22.5. The lowest BCUT2D eigenvalue weighted by molar-refractivity contribution is -0.120. The van der Waals surface area contributed by atoms with Gasteiger partial charge in [0.05, 0.1) is 20.8 Å². The summed E-state index contributed by atoms with van der Waals surface area (Å²) in [5.74, 6) is 1.04. The van der Waals surface area contributed by atoms with E-state index in [1.54, 1.807) is 32.4 Å². The van der Waals surface area contributed by atoms with E-state index in [0.717, 1.165) is 31.4 Å². The third-order valence-corrected chi connectivity index (χ3v) is 6.49. The molecule has 0 aliphatic carbocycles. The molecule has 2 unspecified atom stereocenters. The van der Waals surface area contributed by atoms with Gasteiger partial charge in [0.2, 0.25) is 5.91 Å². The molecule has 0 aromatic heterocycles. The van der Waals surface area contributed by atoms with E-state index in [2.05, 4.69) is 15.5 Å². The molecule has 2 bridgehead atoms. The highest BCUT2D eigenvalue weighted by Crippen LogP contribution is 2.34. The van der Waals surface area contributed by atoms with Gasteiger partial charge in [-0.05, 0) is 56.0 Å². The Bertz CT molecular complexity index is 935. The van der Waals surface area contributed by atoms with Gasteiger partial charge in [-0.25, -0.2) is 0 Å². The minimum absolute atomic E-state index is 0.0147. The quantitative estimate of drug-likeness (QED) is 0.694. The number of nitrogens with zero attached hydrogens (tertiary/aromatic N) is 1. The normalized spacial score (nSPS) is 22.6. The number of piperidine rings is 2. The number of amides is 2. The van der Waals surface area contributed by atoms with Crippen LogP contribution in [0.2, 0.25) is 0 Å². The zero-order valence-electron chi connectivity index (χ0n) is 18.7. The Balaban J connectivity index is 1.37. The maximum Gasteiger partial charge on any atom is 0.251 e. The molecule has 2 aromatic carbocycles. The molecule has 0 saturated carbocycles. The molecule has 0 spiro atoms. The van der Waals surface area contributed by atoms with E-state index in [1.807, 2.05) is 30.3 Å². The molecule has 2 fully saturated rings. The van der Waals surface area contributed by atoms with Gasteiger partial charge in [0.1, 0.15) is 0 Å². The summed E-state index contributed by atoms with van der Waals surface area (Å²) in [7, 11) is 3.13. The van der Waals surface area contributed by atoms with Crippen molar-refractivity contribution in [3.05, 3.63) is 54.1 Å². The Hall–Kier alpha value is -3.06. The van der Waals surface area contributed by atoms with Crippen molar-refractivity contribution in [1.29, 1.82) is 0 Å². The molecular formula is C25H31N3O4. The lowest BCUT2D eigenvalue weighted by Crippen LogP contribution is -2.58. The van der Waals surface area contributed by atoms with Crippen LogP contribution in [-0.4, -0.2) is 55.6 Å². The van der Waals surface area contributed by atoms with Crippen LogP contribution in [0.1, 0.15) is 42.5 Å². The summed E-state index contributed by atoms with van der Waals surface area (Å²) in [6.45, 7) is 0.389. The second kappa shape index (κ2) is 10.0. The third kappa shape index (κ3) is 5.05. The molecule has 2 aromatic rings. The monoisotopic (exact) mass is 437 g/mol. The van der Waals surface area contributed by atoms with E-state index in [0.29, 0.717) is 35.7 Å². The molecule has 170 valence electrons. The number of hydrogen-bond acceptors (Lipinski definition) is 5. The van der Waals surface area contributed by atoms with Gasteiger partial charge in [0.25, 0.3) is 5.91 Å². The van der Waals surface area contributed by atoms with Gasteiger partial charge >= 0.3 is 0 Å². The first kappa shape index (κ1) is 22.1. The summed E-state index contributed by atoms with van der Waals surface area (Å²) in [5.41, 5.74) is 1.37. The number of ether oxygens (including phenoxy) is 2. The molecule has 4 rings (SSSR count). The van der Waals surface area contributed by atoms with Crippen LogP contribution in [0.4, 0.5) is 5.69 Å². The van der Waals surface area contributed by atoms with E-state index < -0.39 is 0 Å². The van der Waals surface area contributed by atoms with Crippen molar-refractivity contribution in [3.63, 3.8) is 0 Å². The molecule has 2 saturated heterocycles. The lowest BCUT2D eigenvalue weighted by atomic mass is 9.81. The van der Waals surface area contributed by atoms with Crippen LogP contribution in [0.25, 0.3) is 0 Å². The number of rotatable bonds is 7. The van der Waals surface area contributed by atoms with Crippen molar-refractivity contribution in [2.24, 2.45) is 0 Å². The fraction of sp³-hybridized carbons (Fsp3) is 0.440. The number of para-hydroxylation sites is 1. The van der Waals surface area contributed by atoms with Gasteiger partial charge in [0, 0.05) is 29.4 Å². The maximum absolute atomic E-state index is 12.9. The maximum atomic E-state index is 12.9. The van der Waals surface area contributed by atoms with E-state index in [9.17, 15) is 9.59 Å². The number of methoxy groups -OCH3 is 2. The SMILES string of the molecule is COc1ccc(C(=O)NC2CC3CCCC(C2)N3CC(=O)Nc2ccccc2)cc1OC. The van der Waals surface area contributed by atoms with E-state index in [1.165, 1.54) is 6.42 Å². The summed E-state index contributed by atoms with van der Waals surface area (Å²) in [5, 5.41) is 6.19. The van der Waals surface area contributed by atoms with Crippen molar-refractivity contribution >= 4 is 17.5 Å². The Labute approximate surface area is 189 Å². The Morgan fingerprint density at radius 2 is 1.66 bits per heavy atom. The first-order chi connectivity index (χ1) is 15.6. The average Bonchev–Trinajstić information content (AvgIpc) is 2.79. The molecule has 2 aliphatic heterocycles. The number of nitrogens with one attached hydrogen (secondary N) is 2. The van der Waals surface area contributed by atoms with Crippen molar-refractivity contribution in [1.82, 2.24) is 10.2 Å². The summed E-state index contributed by atoms with van der Waals surface area (Å²) in [6.07, 6.45) is 4.99. The zero-order valence-corrected chi connectivity index (χ0v) is 18.7. The fourth-order valence-electron chi connectivity index (χ4n) is 4.99. The van der Waals surface area contributed by atoms with E-state index in [4.69, 9.17) is 9.47 Å². The molecule has 2 heterocycles. The van der Waals surface area contributed by atoms with Crippen LogP contribution in [-0.2, 0) is 4.79 Å². The molecule has 2 amide bonds. The number of carbonyl (C=O) groups excluding carboxylic acids is 2. The van der Waals surface area contributed by atoms with Crippen LogP contribution < -0.4 is 20.1 Å². The highest BCUT2D eigenvalue weighted by molar-refractivity contribution is 5.95. The summed E-state index contributed by atoms with van der Waals surface area (Å²) in [6, 6.07) is 15.5. The van der Waals surface area contributed by atoms with Crippen molar-refractivity contribution in [2.75, 3.05) is 26.1 Å². The van der Waals surface area contributed by atoms with Gasteiger partial charge < -0.3 is 20.1 Å². The second-order valence-corrected chi connectivity index (χ2v) is 8.54. The third-order valence-electron chi connectivity index (χ3n) is 6.49. The van der Waals surface area contributed by atoms with Crippen LogP contribution in [0.5, 0.6) is 11.5 Å². The van der Waals surface area contributed by atoms with Gasteiger partial charge in [-0.15, -0.1) is 0 Å². The Morgan fingerprint density at radius 3 is 2.31 bits per heavy atom. The average molecular weight is 438 g/mol. The van der Waals surface area contributed by atoms with Gasteiger partial charge in [0.15, 0.2) is 11.5 Å². The number of hydrogen-bond donors (Lipinski definition) is 2. The first-order valence-electron chi connectivity index (χ1n) is 11.2. The standard InChI is InChI=1S/C25H31N3O4/c1-31-22-12-11-17(13-23(22)32-2)25(30)27-19-14-20-9-6-10-21(15-19)28(20)16-24(29)26-18-7-4-3-5-8-18/h3-5,7-8,11-13,19-21H,6,9-10,14-16H2,1-2H3,(H,26,29)(H,27,30). The minimum Gasteiger partial charge on any atom is -0.493 e. The summed E-state index contributed by atoms with van der Waals surface area (Å²) >= 11 is 0. The highest BCUT2D eigenvalue weighted by atomic mass is 16.5. The number of carbonyl (C=O) groups is 2. The van der Waals surface area contributed by atoms with Crippen molar-refractivity contribution in [2.45, 2.75) is 50.2 Å². The Kier molecular flexibility index (Phi) is 6.95. The highest BCUT2D eigenvalue weighted by Gasteiger charge is 2.39. The van der Waals surface area contributed by atoms with Crippen LogP contribution >= 0.6 is 0 Å². The minimum atomic E-state index is -0.107. The number of anilines is 1. The number of fused-ring (bicyclic) bond motifs is 2.